The molecule has 0 aliphatic carbocycles. The molecule has 0 spiro atoms. The van der Waals surface area contributed by atoms with E-state index in [2.05, 4.69) is 0 Å². The fraction of sp³-hybridized carbons (Fsp3) is 0.857. The fourth-order valence-corrected chi connectivity index (χ4v) is 3.12. The number of quaternary nitrogens is 1. The topological polar surface area (TPSA) is 37.3 Å². The van der Waals surface area contributed by atoms with Crippen LogP contribution < -0.4 is 0 Å². The Kier molecular flexibility index (Phi) is 4.30. The van der Waals surface area contributed by atoms with E-state index in [9.17, 15) is 9.90 Å². The van der Waals surface area contributed by atoms with Crippen molar-refractivity contribution in [3.05, 3.63) is 0 Å². The van der Waals surface area contributed by atoms with Crippen molar-refractivity contribution in [2.24, 2.45) is 0 Å². The van der Waals surface area contributed by atoms with Gasteiger partial charge in [-0.15, -0.1) is 0 Å². The molecule has 0 bridgehead atoms. The van der Waals surface area contributed by atoms with Gasteiger partial charge in [-0.2, -0.15) is 0 Å². The summed E-state index contributed by atoms with van der Waals surface area (Å²) in [5.41, 5.74) is 0. The van der Waals surface area contributed by atoms with Gasteiger partial charge in [0, 0.05) is 0 Å². The first-order chi connectivity index (χ1) is 4.81. The second-order valence-corrected chi connectivity index (χ2v) is 7.17. The number of hydrogen-bond donors (Lipinski definition) is 1. The molecule has 0 saturated heterocycles. The average molecular weight is 222 g/mol. The predicted octanol–water partition coefficient (Wildman–Crippen LogP) is -1.01. The number of likely N-dealkylation sites (N-methyl/N-ethyl adjacent to an activating group) is 1. The van der Waals surface area contributed by atoms with Crippen molar-refractivity contribution in [2.45, 2.75) is 11.8 Å². The molecule has 0 saturated carbocycles. The molecule has 4 heteroatoms. The minimum atomic E-state index is -0.790. The van der Waals surface area contributed by atoms with Gasteiger partial charge in [0.25, 0.3) is 0 Å². The maximum absolute atomic E-state index is 10.6. The van der Waals surface area contributed by atoms with E-state index in [1.165, 1.54) is 0 Å². The Morgan fingerprint density at radius 3 is 2.27 bits per heavy atom. The summed E-state index contributed by atoms with van der Waals surface area (Å²) in [4.78, 5) is 10.3. The van der Waals surface area contributed by atoms with Crippen LogP contribution in [0, 0.1) is 0 Å². The van der Waals surface area contributed by atoms with E-state index in [0.717, 1.165) is 4.48 Å². The molecule has 0 aromatic heterocycles. The fourth-order valence-electron chi connectivity index (χ4n) is 0.799. The van der Waals surface area contributed by atoms with Crippen LogP contribution in [0.15, 0.2) is 0 Å². The van der Waals surface area contributed by atoms with Gasteiger partial charge in [0.2, 0.25) is 0 Å². The van der Waals surface area contributed by atoms with Crippen molar-refractivity contribution in [2.75, 3.05) is 27.7 Å². The van der Waals surface area contributed by atoms with Crippen molar-refractivity contribution >= 4 is 20.3 Å². The van der Waals surface area contributed by atoms with Crippen molar-refractivity contribution in [1.29, 1.82) is 0 Å². The zero-order chi connectivity index (χ0) is 9.07. The summed E-state index contributed by atoms with van der Waals surface area (Å²) in [5.74, 6) is 0. The molecule has 0 radical (unpaired) electrons. The van der Waals surface area contributed by atoms with Gasteiger partial charge in [0.15, 0.2) is 0 Å². The third-order valence-corrected chi connectivity index (χ3v) is 3.03. The molecule has 66 valence electrons. The monoisotopic (exact) mass is 222 g/mol. The maximum atomic E-state index is 10.6. The van der Waals surface area contributed by atoms with E-state index < -0.39 is 15.8 Å². The van der Waals surface area contributed by atoms with Gasteiger partial charge in [-0.05, 0) is 0 Å². The molecule has 1 N–H and O–H groups in total. The summed E-state index contributed by atoms with van der Waals surface area (Å²) in [5, 5.41) is 9.37. The molecule has 0 aliphatic rings. The van der Waals surface area contributed by atoms with Crippen LogP contribution >= 0.6 is 0 Å². The number of aliphatic hydroxyl groups is 1. The number of carbonyl (C=O) groups is 1. The Balaban J connectivity index is 3.69. The van der Waals surface area contributed by atoms with Gasteiger partial charge in [-0.1, -0.05) is 0 Å². The SMILES string of the molecule is CC(=O)[AsH]C(O)C[N+](C)(C)C. The zero-order valence-electron chi connectivity index (χ0n) is 7.59. The van der Waals surface area contributed by atoms with E-state index in [4.69, 9.17) is 0 Å². The minimum absolute atomic E-state index is 0.172. The van der Waals surface area contributed by atoms with Crippen LogP contribution in [0.1, 0.15) is 6.92 Å². The van der Waals surface area contributed by atoms with Crippen LogP contribution in [0.25, 0.3) is 0 Å². The summed E-state index contributed by atoms with van der Waals surface area (Å²) < 4.78 is 0.892. The molecular weight excluding hydrogens is 205 g/mol. The molecule has 0 aromatic carbocycles. The van der Waals surface area contributed by atoms with Crippen LogP contribution in [0.2, 0.25) is 0 Å². The van der Waals surface area contributed by atoms with E-state index in [-0.39, 0.29) is 9.46 Å². The average Bonchev–Trinajstić information content (AvgIpc) is 1.53. The Hall–Kier alpha value is 0.148. The summed E-state index contributed by atoms with van der Waals surface area (Å²) in [6, 6.07) is 0. The second kappa shape index (κ2) is 4.24. The van der Waals surface area contributed by atoms with E-state index >= 15 is 0 Å². The van der Waals surface area contributed by atoms with E-state index in [1.807, 2.05) is 21.1 Å². The van der Waals surface area contributed by atoms with E-state index in [0.29, 0.717) is 6.54 Å². The first kappa shape index (κ1) is 11.1. The molecule has 2 atom stereocenters. The number of rotatable bonds is 4. The quantitative estimate of drug-likeness (QED) is 0.489. The summed E-state index contributed by atoms with van der Waals surface area (Å²) in [6.45, 7) is 2.23. The molecule has 0 heterocycles. The standard InChI is InChI=1S/C7H17AsNO2/c1-6(10)8-7(11)5-9(2,3)4/h7-8,11H,5H2,1-4H3/q+1. The summed E-state index contributed by atoms with van der Waals surface area (Å²) in [7, 11) is 6.03. The van der Waals surface area contributed by atoms with Crippen LogP contribution in [0.5, 0.6) is 0 Å². The van der Waals surface area contributed by atoms with Crippen molar-refractivity contribution in [3.63, 3.8) is 0 Å². The second-order valence-electron chi connectivity index (χ2n) is 3.69. The van der Waals surface area contributed by atoms with Gasteiger partial charge in [-0.3, -0.25) is 0 Å². The van der Waals surface area contributed by atoms with Gasteiger partial charge in [0.05, 0.1) is 0 Å². The molecule has 0 rings (SSSR count). The number of aliphatic hydroxyl groups excluding tert-OH is 1. The summed E-state index contributed by atoms with van der Waals surface area (Å²) >= 11 is -0.790. The molecule has 0 fully saturated rings. The van der Waals surface area contributed by atoms with Crippen molar-refractivity contribution in [3.8, 4) is 0 Å². The van der Waals surface area contributed by atoms with Gasteiger partial charge in [0.1, 0.15) is 0 Å². The molecule has 11 heavy (non-hydrogen) atoms. The van der Waals surface area contributed by atoms with Crippen LogP contribution in [-0.4, -0.2) is 62.5 Å². The van der Waals surface area contributed by atoms with Gasteiger partial charge >= 0.3 is 74.2 Å². The third kappa shape index (κ3) is 8.05. The van der Waals surface area contributed by atoms with Crippen LogP contribution in [0.4, 0.5) is 0 Å². The van der Waals surface area contributed by atoms with E-state index in [1.54, 1.807) is 6.92 Å². The molecule has 2 unspecified atom stereocenters. The zero-order valence-corrected chi connectivity index (χ0v) is 9.69. The number of carbonyl (C=O) groups excluding carboxylic acids is 1. The third-order valence-electron chi connectivity index (χ3n) is 1.09. The molecule has 0 aromatic rings. The molecule has 0 aliphatic heterocycles. The number of nitrogens with zero attached hydrogens (tertiary/aromatic N) is 1. The van der Waals surface area contributed by atoms with Crippen molar-refractivity contribution < 1.29 is 14.4 Å². The van der Waals surface area contributed by atoms with Gasteiger partial charge < -0.3 is 0 Å². The molecule has 3 nitrogen and oxygen atoms in total. The first-order valence-corrected chi connectivity index (χ1v) is 5.83. The van der Waals surface area contributed by atoms with Gasteiger partial charge in [-0.25, -0.2) is 0 Å². The normalized spacial score (nSPS) is 15.7. The van der Waals surface area contributed by atoms with Crippen molar-refractivity contribution in [1.82, 2.24) is 0 Å². The molecular formula is C7H17AsNO2+. The van der Waals surface area contributed by atoms with Crippen LogP contribution in [-0.2, 0) is 4.79 Å². The summed E-state index contributed by atoms with van der Waals surface area (Å²) in [6.07, 6.45) is 0. The Morgan fingerprint density at radius 2 is 2.00 bits per heavy atom. The first-order valence-electron chi connectivity index (χ1n) is 3.57. The Bertz CT molecular complexity index is 142. The van der Waals surface area contributed by atoms with Crippen LogP contribution in [0.3, 0.4) is 0 Å². The Labute approximate surface area is 74.7 Å². The Morgan fingerprint density at radius 1 is 1.55 bits per heavy atom. The number of hydrogen-bond acceptors (Lipinski definition) is 2. The molecule has 0 amide bonds. The predicted molar refractivity (Wildman–Crippen MR) is 46.7 cm³/mol.